The Bertz CT molecular complexity index is 672. The van der Waals surface area contributed by atoms with Gasteiger partial charge in [-0.15, -0.1) is 10.2 Å². The molecule has 0 saturated carbocycles. The number of halogens is 1. The molecule has 1 aromatic carbocycles. The second kappa shape index (κ2) is 6.95. The van der Waals surface area contributed by atoms with Crippen molar-refractivity contribution in [2.75, 3.05) is 20.5 Å². The Morgan fingerprint density at radius 1 is 1.29 bits per heavy atom. The van der Waals surface area contributed by atoms with Crippen LogP contribution in [0.2, 0.25) is 0 Å². The Labute approximate surface area is 135 Å². The smallest absolute Gasteiger partial charge is 0.211 e. The summed E-state index contributed by atoms with van der Waals surface area (Å²) in [6, 6.07) is 3.73. The van der Waals surface area contributed by atoms with Crippen LogP contribution in [0.3, 0.4) is 0 Å². The SMILES string of the molecule is COc1ccc(/C=N\n2c(C)nnc2SC)c(Br)c1OC. The number of methoxy groups -OCH3 is 2. The fraction of sp³-hybridized carbons (Fsp3) is 0.308. The first-order valence-corrected chi connectivity index (χ1v) is 8.05. The van der Waals surface area contributed by atoms with Crippen molar-refractivity contribution in [2.45, 2.75) is 12.1 Å². The first-order valence-electron chi connectivity index (χ1n) is 6.03. The van der Waals surface area contributed by atoms with E-state index in [0.717, 1.165) is 21.0 Å². The van der Waals surface area contributed by atoms with Gasteiger partial charge in [0.25, 0.3) is 0 Å². The van der Waals surface area contributed by atoms with Crippen molar-refractivity contribution in [2.24, 2.45) is 5.10 Å². The minimum atomic E-state index is 0.631. The number of ether oxygens (including phenoxy) is 2. The number of hydrogen-bond acceptors (Lipinski definition) is 6. The van der Waals surface area contributed by atoms with E-state index >= 15 is 0 Å². The van der Waals surface area contributed by atoms with Crippen molar-refractivity contribution in [1.82, 2.24) is 14.9 Å². The van der Waals surface area contributed by atoms with Gasteiger partial charge in [0, 0.05) is 5.56 Å². The van der Waals surface area contributed by atoms with E-state index in [1.807, 2.05) is 25.3 Å². The Morgan fingerprint density at radius 2 is 2.05 bits per heavy atom. The fourth-order valence-corrected chi connectivity index (χ4v) is 2.79. The average molecular weight is 371 g/mol. The van der Waals surface area contributed by atoms with E-state index in [9.17, 15) is 0 Å². The highest BCUT2D eigenvalue weighted by atomic mass is 79.9. The molecular formula is C13H15BrN4O2S. The first-order chi connectivity index (χ1) is 10.1. The Morgan fingerprint density at radius 3 is 2.67 bits per heavy atom. The Kier molecular flexibility index (Phi) is 5.24. The maximum absolute atomic E-state index is 5.34. The van der Waals surface area contributed by atoms with Gasteiger partial charge >= 0.3 is 0 Å². The van der Waals surface area contributed by atoms with Gasteiger partial charge in [0.05, 0.1) is 24.9 Å². The molecule has 1 aromatic heterocycles. The maximum Gasteiger partial charge on any atom is 0.211 e. The van der Waals surface area contributed by atoms with E-state index in [2.05, 4.69) is 31.2 Å². The lowest BCUT2D eigenvalue weighted by molar-refractivity contribution is 0.353. The molecule has 112 valence electrons. The molecule has 0 spiro atoms. The number of benzene rings is 1. The van der Waals surface area contributed by atoms with E-state index in [4.69, 9.17) is 9.47 Å². The first kappa shape index (κ1) is 15.8. The summed E-state index contributed by atoms with van der Waals surface area (Å²) in [7, 11) is 3.20. The summed E-state index contributed by atoms with van der Waals surface area (Å²) < 4.78 is 13.1. The summed E-state index contributed by atoms with van der Waals surface area (Å²) in [5, 5.41) is 13.2. The van der Waals surface area contributed by atoms with Gasteiger partial charge in [-0.25, -0.2) is 0 Å². The molecule has 0 aliphatic heterocycles. The van der Waals surface area contributed by atoms with E-state index in [0.29, 0.717) is 11.5 Å². The van der Waals surface area contributed by atoms with Gasteiger partial charge in [0.15, 0.2) is 17.3 Å². The van der Waals surface area contributed by atoms with E-state index in [-0.39, 0.29) is 0 Å². The number of nitrogens with zero attached hydrogens (tertiary/aromatic N) is 4. The highest BCUT2D eigenvalue weighted by Crippen LogP contribution is 2.36. The van der Waals surface area contributed by atoms with Crippen LogP contribution in [0, 0.1) is 6.92 Å². The third kappa shape index (κ3) is 3.21. The van der Waals surface area contributed by atoms with Crippen molar-refractivity contribution < 1.29 is 9.47 Å². The summed E-state index contributed by atoms with van der Waals surface area (Å²) in [5.74, 6) is 2.02. The van der Waals surface area contributed by atoms with Crippen LogP contribution in [0.15, 0.2) is 26.9 Å². The number of hydrogen-bond donors (Lipinski definition) is 0. The van der Waals surface area contributed by atoms with Crippen LogP contribution in [-0.4, -0.2) is 41.6 Å². The van der Waals surface area contributed by atoms with E-state index < -0.39 is 0 Å². The zero-order chi connectivity index (χ0) is 15.4. The summed E-state index contributed by atoms with van der Waals surface area (Å²) >= 11 is 5.00. The zero-order valence-electron chi connectivity index (χ0n) is 12.1. The quantitative estimate of drug-likeness (QED) is 0.597. The minimum Gasteiger partial charge on any atom is -0.493 e. The normalized spacial score (nSPS) is 11.1. The van der Waals surface area contributed by atoms with Gasteiger partial charge in [0.1, 0.15) is 0 Å². The van der Waals surface area contributed by atoms with E-state index in [1.165, 1.54) is 11.8 Å². The van der Waals surface area contributed by atoms with Crippen molar-refractivity contribution in [1.29, 1.82) is 0 Å². The molecule has 6 nitrogen and oxygen atoms in total. The van der Waals surface area contributed by atoms with Crippen LogP contribution in [0.4, 0.5) is 0 Å². The summed E-state index contributed by atoms with van der Waals surface area (Å²) in [5.41, 5.74) is 0.868. The molecule has 0 aliphatic carbocycles. The minimum absolute atomic E-state index is 0.631. The molecule has 0 amide bonds. The molecule has 0 aliphatic rings. The van der Waals surface area contributed by atoms with Gasteiger partial charge in [-0.1, -0.05) is 11.8 Å². The largest absolute Gasteiger partial charge is 0.493 e. The molecule has 1 heterocycles. The molecule has 8 heteroatoms. The van der Waals surface area contributed by atoms with Crippen molar-refractivity contribution >= 4 is 33.9 Å². The molecule has 0 bridgehead atoms. The third-order valence-electron chi connectivity index (χ3n) is 2.78. The average Bonchev–Trinajstić information content (AvgIpc) is 2.86. The predicted molar refractivity (Wildman–Crippen MR) is 86.8 cm³/mol. The van der Waals surface area contributed by atoms with Crippen LogP contribution in [-0.2, 0) is 0 Å². The van der Waals surface area contributed by atoms with Gasteiger partial charge in [-0.2, -0.15) is 9.78 Å². The van der Waals surface area contributed by atoms with Crippen LogP contribution in [0.1, 0.15) is 11.4 Å². The highest BCUT2D eigenvalue weighted by Gasteiger charge is 2.12. The highest BCUT2D eigenvalue weighted by molar-refractivity contribution is 9.10. The van der Waals surface area contributed by atoms with Crippen LogP contribution < -0.4 is 9.47 Å². The predicted octanol–water partition coefficient (Wildman–Crippen LogP) is 2.97. The number of rotatable bonds is 5. The maximum atomic E-state index is 5.34. The lowest BCUT2D eigenvalue weighted by atomic mass is 10.2. The van der Waals surface area contributed by atoms with Gasteiger partial charge in [-0.3, -0.25) is 0 Å². The van der Waals surface area contributed by atoms with E-state index in [1.54, 1.807) is 25.1 Å². The molecule has 0 N–H and O–H groups in total. The van der Waals surface area contributed by atoms with Crippen LogP contribution in [0.5, 0.6) is 11.5 Å². The molecule has 0 atom stereocenters. The summed E-state index contributed by atoms with van der Waals surface area (Å²) in [6.45, 7) is 1.85. The number of thioether (sulfide) groups is 1. The second-order valence-electron chi connectivity index (χ2n) is 3.99. The van der Waals surface area contributed by atoms with Crippen molar-refractivity contribution in [3.63, 3.8) is 0 Å². The molecule has 0 fully saturated rings. The topological polar surface area (TPSA) is 61.5 Å². The summed E-state index contributed by atoms with van der Waals surface area (Å²) in [6.07, 6.45) is 3.66. The lowest BCUT2D eigenvalue weighted by Gasteiger charge is -2.10. The van der Waals surface area contributed by atoms with Crippen LogP contribution >= 0.6 is 27.7 Å². The Balaban J connectivity index is 2.40. The molecular weight excluding hydrogens is 356 g/mol. The second-order valence-corrected chi connectivity index (χ2v) is 5.56. The monoisotopic (exact) mass is 370 g/mol. The standard InChI is InChI=1S/C13H15BrN4O2S/c1-8-16-17-13(21-4)18(8)15-7-9-5-6-10(19-2)12(20-3)11(9)14/h5-7H,1-4H3/b15-7-. The molecule has 2 rings (SSSR count). The molecule has 0 radical (unpaired) electrons. The molecule has 0 unspecified atom stereocenters. The van der Waals surface area contributed by atoms with Crippen molar-refractivity contribution in [3.05, 3.63) is 28.0 Å². The zero-order valence-corrected chi connectivity index (χ0v) is 14.5. The van der Waals surface area contributed by atoms with Gasteiger partial charge in [0.2, 0.25) is 5.16 Å². The third-order valence-corrected chi connectivity index (χ3v) is 4.22. The van der Waals surface area contributed by atoms with Gasteiger partial charge < -0.3 is 9.47 Å². The lowest BCUT2D eigenvalue weighted by Crippen LogP contribution is -1.98. The van der Waals surface area contributed by atoms with Crippen molar-refractivity contribution in [3.8, 4) is 11.5 Å². The molecule has 0 saturated heterocycles. The fourth-order valence-electron chi connectivity index (χ4n) is 1.72. The van der Waals surface area contributed by atoms with Crippen LogP contribution in [0.25, 0.3) is 0 Å². The Hall–Kier alpha value is -1.54. The molecule has 2 aromatic rings. The number of aromatic nitrogens is 3. The van der Waals surface area contributed by atoms with Gasteiger partial charge in [-0.05, 0) is 41.2 Å². The molecule has 21 heavy (non-hydrogen) atoms. The number of aryl methyl sites for hydroxylation is 1. The summed E-state index contributed by atoms with van der Waals surface area (Å²) in [4.78, 5) is 0.